The lowest BCUT2D eigenvalue weighted by Gasteiger charge is -2.15. The molecule has 0 unspecified atom stereocenters. The lowest BCUT2D eigenvalue weighted by Crippen LogP contribution is -2.37. The first-order valence-electron chi connectivity index (χ1n) is 10.4. The zero-order valence-electron chi connectivity index (χ0n) is 18.5. The Labute approximate surface area is 190 Å². The van der Waals surface area contributed by atoms with Crippen LogP contribution in [0.25, 0.3) is 16.6 Å². The number of para-hydroxylation sites is 1. The molecular formula is C24H25N5O2S. The number of amides is 1. The molecule has 2 aromatic heterocycles. The van der Waals surface area contributed by atoms with Crippen molar-refractivity contribution in [1.29, 1.82) is 0 Å². The van der Waals surface area contributed by atoms with Gasteiger partial charge in [0.15, 0.2) is 0 Å². The van der Waals surface area contributed by atoms with Crippen LogP contribution in [-0.2, 0) is 11.3 Å². The summed E-state index contributed by atoms with van der Waals surface area (Å²) < 4.78 is 3.00. The molecule has 0 fully saturated rings. The van der Waals surface area contributed by atoms with Crippen molar-refractivity contribution in [3.63, 3.8) is 0 Å². The maximum absolute atomic E-state index is 13.3. The molecule has 8 heteroatoms. The van der Waals surface area contributed by atoms with Crippen molar-refractivity contribution in [1.82, 2.24) is 24.9 Å². The average Bonchev–Trinajstić information content (AvgIpc) is 3.18. The molecule has 32 heavy (non-hydrogen) atoms. The van der Waals surface area contributed by atoms with Crippen LogP contribution in [0, 0.1) is 13.8 Å². The van der Waals surface area contributed by atoms with Crippen molar-refractivity contribution in [3.05, 3.63) is 81.9 Å². The van der Waals surface area contributed by atoms with Gasteiger partial charge in [0.1, 0.15) is 11.6 Å². The van der Waals surface area contributed by atoms with Gasteiger partial charge in [0.05, 0.1) is 22.5 Å². The molecule has 2 aromatic carbocycles. The molecule has 0 spiro atoms. The third kappa shape index (κ3) is 4.05. The Morgan fingerprint density at radius 1 is 1.06 bits per heavy atom. The highest BCUT2D eigenvalue weighted by atomic mass is 32.2. The van der Waals surface area contributed by atoms with Crippen molar-refractivity contribution in [2.24, 2.45) is 0 Å². The van der Waals surface area contributed by atoms with Crippen LogP contribution in [-0.4, -0.2) is 31.7 Å². The number of carbonyl (C=O) groups excluding carboxylic acids is 1. The van der Waals surface area contributed by atoms with Gasteiger partial charge in [-0.15, -0.1) is 11.8 Å². The quantitative estimate of drug-likeness (QED) is 0.455. The topological polar surface area (TPSA) is 81.8 Å². The van der Waals surface area contributed by atoms with E-state index < -0.39 is 6.04 Å². The fourth-order valence-electron chi connectivity index (χ4n) is 3.65. The molecule has 164 valence electrons. The van der Waals surface area contributed by atoms with Crippen LogP contribution in [0.2, 0.25) is 0 Å². The normalized spacial score (nSPS) is 12.1. The zero-order valence-corrected chi connectivity index (χ0v) is 19.3. The van der Waals surface area contributed by atoms with E-state index in [9.17, 15) is 9.59 Å². The summed E-state index contributed by atoms with van der Waals surface area (Å²) in [6, 6.07) is 16.9. The largest absolute Gasteiger partial charge is 0.350 e. The molecule has 2 heterocycles. The van der Waals surface area contributed by atoms with Crippen LogP contribution < -0.4 is 10.9 Å². The van der Waals surface area contributed by atoms with Gasteiger partial charge >= 0.3 is 0 Å². The van der Waals surface area contributed by atoms with Gasteiger partial charge in [0, 0.05) is 11.4 Å². The van der Waals surface area contributed by atoms with E-state index in [1.807, 2.05) is 67.8 Å². The highest BCUT2D eigenvalue weighted by Gasteiger charge is 2.23. The fraction of sp³-hybridized carbons (Fsp3) is 0.250. The summed E-state index contributed by atoms with van der Waals surface area (Å²) in [4.78, 5) is 27.3. The molecule has 0 radical (unpaired) electrons. The lowest BCUT2D eigenvalue weighted by atomic mass is 10.2. The summed E-state index contributed by atoms with van der Waals surface area (Å²) in [5.74, 6) is -0.264. The minimum atomic E-state index is -0.754. The second-order valence-electron chi connectivity index (χ2n) is 7.63. The molecule has 0 saturated heterocycles. The fourth-order valence-corrected chi connectivity index (χ4v) is 4.06. The van der Waals surface area contributed by atoms with E-state index in [0.717, 1.165) is 16.9 Å². The first kappa shape index (κ1) is 21.8. The minimum Gasteiger partial charge on any atom is -0.350 e. The molecule has 0 aliphatic carbocycles. The number of hydrogen-bond acceptors (Lipinski definition) is 5. The van der Waals surface area contributed by atoms with E-state index >= 15 is 0 Å². The Bertz CT molecular complexity index is 1330. The van der Waals surface area contributed by atoms with Crippen LogP contribution in [0.15, 0.2) is 64.3 Å². The number of fused-ring (bicyclic) bond motifs is 1. The van der Waals surface area contributed by atoms with Gasteiger partial charge in [-0.1, -0.05) is 30.3 Å². The Morgan fingerprint density at radius 2 is 1.75 bits per heavy atom. The van der Waals surface area contributed by atoms with Gasteiger partial charge in [-0.05, 0) is 56.9 Å². The van der Waals surface area contributed by atoms with Crippen molar-refractivity contribution in [3.8, 4) is 5.69 Å². The molecule has 1 atom stereocenters. The number of hydrogen-bond donors (Lipinski definition) is 1. The maximum Gasteiger partial charge on any atom is 0.278 e. The molecule has 0 bridgehead atoms. The van der Waals surface area contributed by atoms with Crippen molar-refractivity contribution >= 4 is 28.6 Å². The van der Waals surface area contributed by atoms with E-state index in [-0.39, 0.29) is 11.5 Å². The molecule has 4 rings (SSSR count). The number of aryl methyl sites for hydroxylation is 2. The molecule has 0 saturated carbocycles. The number of nitrogens with one attached hydrogen (secondary N) is 1. The minimum absolute atomic E-state index is 0.264. The molecule has 0 aliphatic rings. The lowest BCUT2D eigenvalue weighted by molar-refractivity contribution is -0.124. The Balaban J connectivity index is 1.63. The van der Waals surface area contributed by atoms with Crippen molar-refractivity contribution < 1.29 is 4.79 Å². The van der Waals surface area contributed by atoms with E-state index in [1.54, 1.807) is 30.3 Å². The number of thioether (sulfide) groups is 1. The Hall–Kier alpha value is -3.39. The van der Waals surface area contributed by atoms with E-state index in [4.69, 9.17) is 0 Å². The molecule has 0 aliphatic heterocycles. The smallest absolute Gasteiger partial charge is 0.278 e. The monoisotopic (exact) mass is 447 g/mol. The number of carbonyl (C=O) groups is 1. The van der Waals surface area contributed by atoms with Crippen LogP contribution >= 0.6 is 11.8 Å². The zero-order chi connectivity index (χ0) is 22.8. The van der Waals surface area contributed by atoms with Gasteiger partial charge in [0.2, 0.25) is 5.91 Å². The molecule has 7 nitrogen and oxygen atoms in total. The first-order valence-corrected chi connectivity index (χ1v) is 11.6. The van der Waals surface area contributed by atoms with Crippen molar-refractivity contribution in [2.45, 2.75) is 38.3 Å². The molecule has 1 N–H and O–H groups in total. The molecule has 1 amide bonds. The highest BCUT2D eigenvalue weighted by molar-refractivity contribution is 7.98. The van der Waals surface area contributed by atoms with Crippen molar-refractivity contribution in [2.75, 3.05) is 6.26 Å². The van der Waals surface area contributed by atoms with Crippen LogP contribution in [0.5, 0.6) is 0 Å². The standard InChI is InChI=1S/C24H25N5O2S/c1-15-22-21(16(2)28(27-22)19-8-6-5-7-9-19)24(31)29(26-15)17(3)23(30)25-14-18-10-12-20(32-4)13-11-18/h5-13,17H,14H2,1-4H3,(H,25,30)/t17-/m0/s1. The number of benzene rings is 2. The van der Waals surface area contributed by atoms with Gasteiger partial charge in [-0.2, -0.15) is 10.2 Å². The van der Waals surface area contributed by atoms with Crippen LogP contribution in [0.4, 0.5) is 0 Å². The highest BCUT2D eigenvalue weighted by Crippen LogP contribution is 2.21. The summed E-state index contributed by atoms with van der Waals surface area (Å²) in [6.07, 6.45) is 2.02. The number of rotatable bonds is 6. The van der Waals surface area contributed by atoms with Gasteiger partial charge in [-0.25, -0.2) is 9.36 Å². The summed E-state index contributed by atoms with van der Waals surface area (Å²) >= 11 is 1.67. The summed E-state index contributed by atoms with van der Waals surface area (Å²) in [7, 11) is 0. The van der Waals surface area contributed by atoms with Gasteiger partial charge in [-0.3, -0.25) is 9.59 Å². The second-order valence-corrected chi connectivity index (χ2v) is 8.51. The third-order valence-corrected chi connectivity index (χ3v) is 6.26. The number of nitrogens with zero attached hydrogens (tertiary/aromatic N) is 4. The van der Waals surface area contributed by atoms with E-state index in [0.29, 0.717) is 23.1 Å². The average molecular weight is 448 g/mol. The SMILES string of the molecule is CSc1ccc(CNC(=O)[C@H](C)n2nc(C)c3nn(-c4ccccc4)c(C)c3c2=O)cc1. The van der Waals surface area contributed by atoms with Crippen LogP contribution in [0.3, 0.4) is 0 Å². The van der Waals surface area contributed by atoms with E-state index in [1.165, 1.54) is 9.58 Å². The molecular weight excluding hydrogens is 422 g/mol. The third-order valence-electron chi connectivity index (χ3n) is 5.51. The molecule has 4 aromatic rings. The maximum atomic E-state index is 13.3. The van der Waals surface area contributed by atoms with Gasteiger partial charge in [0.25, 0.3) is 5.56 Å². The summed E-state index contributed by atoms with van der Waals surface area (Å²) in [6.45, 7) is 5.73. The predicted octanol–water partition coefficient (Wildman–Crippen LogP) is 3.80. The predicted molar refractivity (Wildman–Crippen MR) is 127 cm³/mol. The van der Waals surface area contributed by atoms with Gasteiger partial charge < -0.3 is 5.32 Å². The second kappa shape index (κ2) is 9.00. The Kier molecular flexibility index (Phi) is 6.14. The summed E-state index contributed by atoms with van der Waals surface area (Å²) in [5, 5.41) is 12.4. The van der Waals surface area contributed by atoms with E-state index in [2.05, 4.69) is 15.5 Å². The first-order chi connectivity index (χ1) is 15.4. The van der Waals surface area contributed by atoms with Crippen LogP contribution in [0.1, 0.15) is 29.9 Å². The Morgan fingerprint density at radius 3 is 2.41 bits per heavy atom. The summed E-state index contributed by atoms with van der Waals surface area (Å²) in [5.41, 5.74) is 3.41. The number of aromatic nitrogens is 4.